The summed E-state index contributed by atoms with van der Waals surface area (Å²) in [5.74, 6) is 1.79. The molecule has 2 aliphatic carbocycles. The van der Waals surface area contributed by atoms with Crippen molar-refractivity contribution in [1.29, 1.82) is 0 Å². The van der Waals surface area contributed by atoms with Gasteiger partial charge in [-0.2, -0.15) is 0 Å². The predicted octanol–water partition coefficient (Wildman–Crippen LogP) is 5.17. The van der Waals surface area contributed by atoms with Crippen LogP contribution >= 0.6 is 11.6 Å². The summed E-state index contributed by atoms with van der Waals surface area (Å²) in [6.07, 6.45) is 10.4. The van der Waals surface area contributed by atoms with Gasteiger partial charge in [-0.1, -0.05) is 45.3 Å². The second kappa shape index (κ2) is 4.72. The number of hydrogen-bond donors (Lipinski definition) is 0. The van der Waals surface area contributed by atoms with E-state index in [1.54, 1.807) is 5.57 Å². The molecule has 0 saturated heterocycles. The molecule has 2 rings (SSSR count). The maximum absolute atomic E-state index is 6.37. The summed E-state index contributed by atoms with van der Waals surface area (Å²) in [6, 6.07) is 0. The van der Waals surface area contributed by atoms with Crippen LogP contribution in [0.1, 0.15) is 59.3 Å². The van der Waals surface area contributed by atoms with Crippen molar-refractivity contribution in [2.24, 2.45) is 17.3 Å². The molecule has 0 amide bonds. The maximum Gasteiger partial charge on any atom is 0.0523 e. The third kappa shape index (κ3) is 3.03. The lowest BCUT2D eigenvalue weighted by atomic mass is 9.70. The van der Waals surface area contributed by atoms with Crippen LogP contribution in [-0.2, 0) is 0 Å². The summed E-state index contributed by atoms with van der Waals surface area (Å²) in [5.41, 5.74) is 2.09. The Morgan fingerprint density at radius 1 is 1.19 bits per heavy atom. The van der Waals surface area contributed by atoms with Gasteiger partial charge in [0.05, 0.1) is 5.38 Å². The third-order valence-corrected chi connectivity index (χ3v) is 4.65. The van der Waals surface area contributed by atoms with E-state index in [1.165, 1.54) is 32.1 Å². The molecule has 0 radical (unpaired) electrons. The van der Waals surface area contributed by atoms with E-state index in [-0.39, 0.29) is 5.38 Å². The van der Waals surface area contributed by atoms with Crippen molar-refractivity contribution in [2.75, 3.05) is 0 Å². The fourth-order valence-corrected chi connectivity index (χ4v) is 3.99. The number of hydrogen-bond acceptors (Lipinski definition) is 0. The first-order valence-corrected chi connectivity index (χ1v) is 7.24. The Labute approximate surface area is 105 Å². The Kier molecular flexibility index (Phi) is 3.69. The fraction of sp³-hybridized carbons (Fsp3) is 0.867. The van der Waals surface area contributed by atoms with Crippen LogP contribution in [0.5, 0.6) is 0 Å². The van der Waals surface area contributed by atoms with Gasteiger partial charge in [-0.05, 0) is 42.9 Å². The van der Waals surface area contributed by atoms with Crippen LogP contribution in [-0.4, -0.2) is 5.38 Å². The molecule has 0 heterocycles. The van der Waals surface area contributed by atoms with Crippen LogP contribution in [0, 0.1) is 17.3 Å². The van der Waals surface area contributed by atoms with Gasteiger partial charge in [-0.3, -0.25) is 0 Å². The summed E-state index contributed by atoms with van der Waals surface area (Å²) in [5, 5.41) is 0.276. The van der Waals surface area contributed by atoms with E-state index in [0.717, 1.165) is 18.3 Å². The van der Waals surface area contributed by atoms with Crippen LogP contribution in [0.2, 0.25) is 0 Å². The molecule has 0 spiro atoms. The molecule has 0 bridgehead atoms. The van der Waals surface area contributed by atoms with Gasteiger partial charge in [0, 0.05) is 0 Å². The molecule has 0 aromatic rings. The molecular weight excluding hydrogens is 216 g/mol. The van der Waals surface area contributed by atoms with Crippen molar-refractivity contribution in [3.8, 4) is 0 Å². The zero-order valence-corrected chi connectivity index (χ0v) is 11.7. The molecule has 0 aromatic carbocycles. The van der Waals surface area contributed by atoms with Crippen molar-refractivity contribution in [2.45, 2.75) is 64.7 Å². The highest BCUT2D eigenvalue weighted by atomic mass is 35.5. The highest BCUT2D eigenvalue weighted by molar-refractivity contribution is 6.21. The van der Waals surface area contributed by atoms with Gasteiger partial charge in [0.15, 0.2) is 0 Å². The standard InChI is InChI=1S/C15H25Cl/c1-11-4-6-12(7-5-11)13-8-14(16)10-15(2,3)9-13/h8,11-12,14H,4-7,9-10H2,1-3H3. The highest BCUT2D eigenvalue weighted by Crippen LogP contribution is 2.44. The Morgan fingerprint density at radius 2 is 1.81 bits per heavy atom. The zero-order chi connectivity index (χ0) is 11.8. The SMILES string of the molecule is CC1CCC(C2=CC(Cl)CC(C)(C)C2)CC1. The van der Waals surface area contributed by atoms with E-state index in [9.17, 15) is 0 Å². The van der Waals surface area contributed by atoms with Crippen molar-refractivity contribution in [1.82, 2.24) is 0 Å². The zero-order valence-electron chi connectivity index (χ0n) is 10.9. The minimum absolute atomic E-state index is 0.276. The van der Waals surface area contributed by atoms with E-state index in [0.29, 0.717) is 5.41 Å². The van der Waals surface area contributed by atoms with Crippen LogP contribution < -0.4 is 0 Å². The average molecular weight is 241 g/mol. The first kappa shape index (κ1) is 12.5. The van der Waals surface area contributed by atoms with Crippen LogP contribution in [0.15, 0.2) is 11.6 Å². The van der Waals surface area contributed by atoms with Crippen molar-refractivity contribution in [3.63, 3.8) is 0 Å². The Hall–Kier alpha value is 0.0300. The Morgan fingerprint density at radius 3 is 2.38 bits per heavy atom. The van der Waals surface area contributed by atoms with Gasteiger partial charge in [0.25, 0.3) is 0 Å². The Balaban J connectivity index is 2.03. The second-order valence-electron chi connectivity index (χ2n) is 6.76. The summed E-state index contributed by atoms with van der Waals surface area (Å²) in [6.45, 7) is 7.11. The lowest BCUT2D eigenvalue weighted by molar-refractivity contribution is 0.267. The normalized spacial score (nSPS) is 39.2. The summed E-state index contributed by atoms with van der Waals surface area (Å²) in [7, 11) is 0. The number of allylic oxidation sites excluding steroid dienone is 2. The van der Waals surface area contributed by atoms with Crippen LogP contribution in [0.3, 0.4) is 0 Å². The van der Waals surface area contributed by atoms with E-state index < -0.39 is 0 Å². The smallest absolute Gasteiger partial charge is 0.0523 e. The number of halogens is 1. The molecule has 1 fully saturated rings. The maximum atomic E-state index is 6.37. The number of rotatable bonds is 1. The molecule has 16 heavy (non-hydrogen) atoms. The summed E-state index contributed by atoms with van der Waals surface area (Å²) >= 11 is 6.37. The average Bonchev–Trinajstić information content (AvgIpc) is 2.15. The van der Waals surface area contributed by atoms with Crippen LogP contribution in [0.25, 0.3) is 0 Å². The van der Waals surface area contributed by atoms with Gasteiger partial charge < -0.3 is 0 Å². The minimum atomic E-state index is 0.276. The van der Waals surface area contributed by atoms with Gasteiger partial charge >= 0.3 is 0 Å². The van der Waals surface area contributed by atoms with E-state index in [2.05, 4.69) is 26.8 Å². The minimum Gasteiger partial charge on any atom is -0.118 e. The second-order valence-corrected chi connectivity index (χ2v) is 7.32. The topological polar surface area (TPSA) is 0 Å². The van der Waals surface area contributed by atoms with Gasteiger partial charge in [0.1, 0.15) is 0 Å². The lowest BCUT2D eigenvalue weighted by Crippen LogP contribution is -2.26. The molecule has 92 valence electrons. The fourth-order valence-electron chi connectivity index (χ4n) is 3.41. The summed E-state index contributed by atoms with van der Waals surface area (Å²) in [4.78, 5) is 0. The third-order valence-electron chi connectivity index (χ3n) is 4.37. The van der Waals surface area contributed by atoms with Crippen molar-refractivity contribution < 1.29 is 0 Å². The monoisotopic (exact) mass is 240 g/mol. The molecule has 0 N–H and O–H groups in total. The van der Waals surface area contributed by atoms with Crippen molar-refractivity contribution in [3.05, 3.63) is 11.6 Å². The van der Waals surface area contributed by atoms with E-state index >= 15 is 0 Å². The van der Waals surface area contributed by atoms with E-state index in [1.807, 2.05) is 0 Å². The molecule has 1 unspecified atom stereocenters. The van der Waals surface area contributed by atoms with Gasteiger partial charge in [-0.25, -0.2) is 0 Å². The molecule has 0 aliphatic heterocycles. The molecule has 2 aliphatic rings. The predicted molar refractivity (Wildman–Crippen MR) is 71.9 cm³/mol. The van der Waals surface area contributed by atoms with Crippen LogP contribution in [0.4, 0.5) is 0 Å². The lowest BCUT2D eigenvalue weighted by Gasteiger charge is -2.37. The molecular formula is C15H25Cl. The highest BCUT2D eigenvalue weighted by Gasteiger charge is 2.31. The first-order chi connectivity index (χ1) is 7.46. The summed E-state index contributed by atoms with van der Waals surface area (Å²) < 4.78 is 0. The first-order valence-electron chi connectivity index (χ1n) is 6.81. The van der Waals surface area contributed by atoms with Gasteiger partial charge in [-0.15, -0.1) is 11.6 Å². The molecule has 0 nitrogen and oxygen atoms in total. The molecule has 1 heteroatoms. The molecule has 1 saturated carbocycles. The molecule has 1 atom stereocenters. The van der Waals surface area contributed by atoms with E-state index in [4.69, 9.17) is 11.6 Å². The number of alkyl halides is 1. The Bertz CT molecular complexity index is 269. The largest absolute Gasteiger partial charge is 0.118 e. The van der Waals surface area contributed by atoms with Gasteiger partial charge in [0.2, 0.25) is 0 Å². The van der Waals surface area contributed by atoms with Crippen molar-refractivity contribution >= 4 is 11.6 Å². The molecule has 0 aromatic heterocycles. The quantitative estimate of drug-likeness (QED) is 0.438.